The van der Waals surface area contributed by atoms with Crippen LogP contribution in [-0.4, -0.2) is 16.3 Å². The highest BCUT2D eigenvalue weighted by atomic mass is 79.9. The SMILES string of the molecule is CCNC(CC1CC1)c1c(Br)cnn1C(C)C. The van der Waals surface area contributed by atoms with Gasteiger partial charge in [-0.2, -0.15) is 5.10 Å². The molecule has 0 bridgehead atoms. The normalized spacial score (nSPS) is 17.7. The zero-order chi connectivity index (χ0) is 12.4. The highest BCUT2D eigenvalue weighted by molar-refractivity contribution is 9.10. The Morgan fingerprint density at radius 3 is 2.76 bits per heavy atom. The molecule has 1 aromatic heterocycles. The van der Waals surface area contributed by atoms with Crippen LogP contribution in [0.25, 0.3) is 0 Å². The number of rotatable bonds is 6. The zero-order valence-electron chi connectivity index (χ0n) is 10.9. The van der Waals surface area contributed by atoms with E-state index in [1.54, 1.807) is 0 Å². The van der Waals surface area contributed by atoms with Crippen molar-refractivity contribution in [3.05, 3.63) is 16.4 Å². The molecule has 1 atom stereocenters. The van der Waals surface area contributed by atoms with E-state index in [4.69, 9.17) is 0 Å². The highest BCUT2D eigenvalue weighted by Crippen LogP contribution is 2.39. The molecule has 96 valence electrons. The molecule has 1 aromatic rings. The molecular formula is C13H22BrN3. The fraction of sp³-hybridized carbons (Fsp3) is 0.769. The maximum absolute atomic E-state index is 4.48. The molecule has 1 saturated carbocycles. The van der Waals surface area contributed by atoms with E-state index in [0.717, 1.165) is 16.9 Å². The van der Waals surface area contributed by atoms with Crippen LogP contribution in [0.4, 0.5) is 0 Å². The summed E-state index contributed by atoms with van der Waals surface area (Å²) in [6.45, 7) is 7.54. The van der Waals surface area contributed by atoms with Crippen molar-refractivity contribution in [2.45, 2.75) is 52.1 Å². The van der Waals surface area contributed by atoms with Crippen LogP contribution < -0.4 is 5.32 Å². The van der Waals surface area contributed by atoms with Gasteiger partial charge in [-0.1, -0.05) is 19.8 Å². The largest absolute Gasteiger partial charge is 0.309 e. The molecule has 1 aliphatic carbocycles. The molecule has 1 heterocycles. The van der Waals surface area contributed by atoms with Crippen LogP contribution in [0.2, 0.25) is 0 Å². The smallest absolute Gasteiger partial charge is 0.0698 e. The van der Waals surface area contributed by atoms with Crippen molar-refractivity contribution in [3.8, 4) is 0 Å². The van der Waals surface area contributed by atoms with Gasteiger partial charge in [0.25, 0.3) is 0 Å². The number of aromatic nitrogens is 2. The minimum atomic E-state index is 0.414. The molecule has 0 radical (unpaired) electrons. The van der Waals surface area contributed by atoms with Crippen LogP contribution >= 0.6 is 15.9 Å². The van der Waals surface area contributed by atoms with Crippen molar-refractivity contribution in [1.29, 1.82) is 0 Å². The minimum absolute atomic E-state index is 0.414. The van der Waals surface area contributed by atoms with Crippen LogP contribution in [0.3, 0.4) is 0 Å². The van der Waals surface area contributed by atoms with Crippen LogP contribution in [0, 0.1) is 5.92 Å². The zero-order valence-corrected chi connectivity index (χ0v) is 12.5. The van der Waals surface area contributed by atoms with Crippen molar-refractivity contribution < 1.29 is 0 Å². The van der Waals surface area contributed by atoms with Crippen molar-refractivity contribution in [1.82, 2.24) is 15.1 Å². The second-order valence-corrected chi connectivity index (χ2v) is 6.06. The standard InChI is InChI=1S/C13H22BrN3/c1-4-15-12(7-10-5-6-10)13-11(14)8-16-17(13)9(2)3/h8-10,12,15H,4-7H2,1-3H3. The number of halogens is 1. The summed E-state index contributed by atoms with van der Waals surface area (Å²) in [6, 6.07) is 0.850. The van der Waals surface area contributed by atoms with E-state index in [1.165, 1.54) is 25.0 Å². The third kappa shape index (κ3) is 3.10. The van der Waals surface area contributed by atoms with Crippen LogP contribution in [0.5, 0.6) is 0 Å². The predicted octanol–water partition coefficient (Wildman–Crippen LogP) is 3.68. The van der Waals surface area contributed by atoms with Gasteiger partial charge in [0, 0.05) is 6.04 Å². The lowest BCUT2D eigenvalue weighted by Gasteiger charge is -2.21. The Balaban J connectivity index is 2.22. The topological polar surface area (TPSA) is 29.9 Å². The van der Waals surface area contributed by atoms with Crippen molar-refractivity contribution in [3.63, 3.8) is 0 Å². The quantitative estimate of drug-likeness (QED) is 0.868. The third-order valence-corrected chi connectivity index (χ3v) is 3.93. The number of hydrogen-bond acceptors (Lipinski definition) is 2. The van der Waals surface area contributed by atoms with Crippen LogP contribution in [0.15, 0.2) is 10.7 Å². The van der Waals surface area contributed by atoms with Crippen molar-refractivity contribution in [2.75, 3.05) is 6.54 Å². The molecule has 17 heavy (non-hydrogen) atoms. The van der Waals surface area contributed by atoms with E-state index in [1.807, 2.05) is 6.20 Å². The Morgan fingerprint density at radius 2 is 2.24 bits per heavy atom. The van der Waals surface area contributed by atoms with Crippen LogP contribution in [-0.2, 0) is 0 Å². The van der Waals surface area contributed by atoms with Crippen molar-refractivity contribution in [2.24, 2.45) is 5.92 Å². The lowest BCUT2D eigenvalue weighted by Crippen LogP contribution is -2.25. The molecule has 0 aliphatic heterocycles. The molecule has 3 nitrogen and oxygen atoms in total. The second kappa shape index (κ2) is 5.53. The molecular weight excluding hydrogens is 278 g/mol. The van der Waals surface area contributed by atoms with Gasteiger partial charge in [-0.25, -0.2) is 0 Å². The molecule has 1 unspecified atom stereocenters. The van der Waals surface area contributed by atoms with E-state index in [2.05, 4.69) is 51.8 Å². The first-order valence-electron chi connectivity index (χ1n) is 6.59. The average molecular weight is 300 g/mol. The first kappa shape index (κ1) is 13.1. The molecule has 1 N–H and O–H groups in total. The van der Waals surface area contributed by atoms with Crippen molar-refractivity contribution >= 4 is 15.9 Å². The molecule has 0 aromatic carbocycles. The summed E-state index contributed by atoms with van der Waals surface area (Å²) in [7, 11) is 0. The molecule has 1 fully saturated rings. The summed E-state index contributed by atoms with van der Waals surface area (Å²) in [6.07, 6.45) is 5.96. The maximum atomic E-state index is 4.48. The highest BCUT2D eigenvalue weighted by Gasteiger charge is 2.29. The summed E-state index contributed by atoms with van der Waals surface area (Å²) in [4.78, 5) is 0. The molecule has 2 rings (SSSR count). The Labute approximate surface area is 112 Å². The first-order chi connectivity index (χ1) is 8.13. The molecule has 1 aliphatic rings. The average Bonchev–Trinajstić information content (AvgIpc) is 2.99. The predicted molar refractivity (Wildman–Crippen MR) is 74.1 cm³/mol. The van der Waals surface area contributed by atoms with E-state index in [-0.39, 0.29) is 0 Å². The van der Waals surface area contributed by atoms with Gasteiger partial charge in [-0.3, -0.25) is 4.68 Å². The van der Waals surface area contributed by atoms with Gasteiger partial charge in [0.2, 0.25) is 0 Å². The molecule has 0 saturated heterocycles. The van der Waals surface area contributed by atoms with Gasteiger partial charge in [0.1, 0.15) is 0 Å². The summed E-state index contributed by atoms with van der Waals surface area (Å²) < 4.78 is 3.28. The Bertz CT molecular complexity index is 369. The second-order valence-electron chi connectivity index (χ2n) is 5.21. The number of nitrogens with one attached hydrogen (secondary N) is 1. The van der Waals surface area contributed by atoms with Gasteiger partial charge in [0.15, 0.2) is 0 Å². The summed E-state index contributed by atoms with van der Waals surface area (Å²) in [5, 5.41) is 8.08. The van der Waals surface area contributed by atoms with E-state index < -0.39 is 0 Å². The number of nitrogens with zero attached hydrogens (tertiary/aromatic N) is 2. The molecule has 0 spiro atoms. The van der Waals surface area contributed by atoms with Gasteiger partial charge in [-0.05, 0) is 48.7 Å². The lowest BCUT2D eigenvalue weighted by molar-refractivity contribution is 0.419. The molecule has 4 heteroatoms. The maximum Gasteiger partial charge on any atom is 0.0698 e. The van der Waals surface area contributed by atoms with Gasteiger partial charge < -0.3 is 5.32 Å². The summed E-state index contributed by atoms with van der Waals surface area (Å²) in [5.74, 6) is 0.918. The van der Waals surface area contributed by atoms with Crippen LogP contribution in [0.1, 0.15) is 57.8 Å². The third-order valence-electron chi connectivity index (χ3n) is 3.32. The summed E-state index contributed by atoms with van der Waals surface area (Å²) >= 11 is 3.64. The Morgan fingerprint density at radius 1 is 1.53 bits per heavy atom. The summed E-state index contributed by atoms with van der Waals surface area (Å²) in [5.41, 5.74) is 1.31. The fourth-order valence-corrected chi connectivity index (χ4v) is 2.86. The van der Waals surface area contributed by atoms with E-state index in [9.17, 15) is 0 Å². The minimum Gasteiger partial charge on any atom is -0.309 e. The fourth-order valence-electron chi connectivity index (χ4n) is 2.31. The monoisotopic (exact) mass is 299 g/mol. The Hall–Kier alpha value is -0.350. The first-order valence-corrected chi connectivity index (χ1v) is 7.39. The van der Waals surface area contributed by atoms with Gasteiger partial charge in [0.05, 0.1) is 22.4 Å². The molecule has 0 amide bonds. The van der Waals surface area contributed by atoms with Gasteiger partial charge >= 0.3 is 0 Å². The lowest BCUT2D eigenvalue weighted by atomic mass is 10.1. The van der Waals surface area contributed by atoms with Gasteiger partial charge in [-0.15, -0.1) is 0 Å². The van der Waals surface area contributed by atoms with E-state index >= 15 is 0 Å². The van der Waals surface area contributed by atoms with E-state index in [0.29, 0.717) is 12.1 Å². The number of hydrogen-bond donors (Lipinski definition) is 1. The Kier molecular flexibility index (Phi) is 4.26.